The molecule has 1 aliphatic rings. The van der Waals surface area contributed by atoms with Crippen molar-refractivity contribution < 1.29 is 4.74 Å². The second-order valence-electron chi connectivity index (χ2n) is 8.56. The number of fused-ring (bicyclic) bond motifs is 3. The summed E-state index contributed by atoms with van der Waals surface area (Å²) < 4.78 is 11.1. The van der Waals surface area contributed by atoms with Crippen LogP contribution in [-0.4, -0.2) is 34.4 Å². The second kappa shape index (κ2) is 7.93. The molecular weight excluding hydrogens is 440 g/mol. The van der Waals surface area contributed by atoms with Gasteiger partial charge in [0.25, 0.3) is 5.56 Å². The molecule has 33 heavy (non-hydrogen) atoms. The van der Waals surface area contributed by atoms with E-state index in [1.807, 2.05) is 67.5 Å². The van der Waals surface area contributed by atoms with Crippen LogP contribution in [0.1, 0.15) is 17.4 Å². The fourth-order valence-corrected chi connectivity index (χ4v) is 4.81. The fourth-order valence-electron chi connectivity index (χ4n) is 4.69. The topological polar surface area (TPSA) is 61.4 Å². The van der Waals surface area contributed by atoms with Crippen LogP contribution < -0.4 is 16.1 Å². The van der Waals surface area contributed by atoms with E-state index >= 15 is 0 Å². The summed E-state index contributed by atoms with van der Waals surface area (Å²) in [5, 5.41) is 1.13. The van der Waals surface area contributed by atoms with Gasteiger partial charge in [-0.05, 0) is 35.4 Å². The van der Waals surface area contributed by atoms with E-state index in [9.17, 15) is 9.59 Å². The van der Waals surface area contributed by atoms with E-state index in [1.54, 1.807) is 11.6 Å². The Labute approximate surface area is 196 Å². The molecule has 0 bridgehead atoms. The molecule has 4 aromatic rings. The Balaban J connectivity index is 1.86. The largest absolute Gasteiger partial charge is 0.378 e. The van der Waals surface area contributed by atoms with Gasteiger partial charge in [0.15, 0.2) is 0 Å². The molecule has 1 atom stereocenters. The first kappa shape index (κ1) is 21.6. The molecule has 0 saturated heterocycles. The lowest BCUT2D eigenvalue weighted by molar-refractivity contribution is 0.0478. The zero-order valence-corrected chi connectivity index (χ0v) is 19.8. The third-order valence-electron chi connectivity index (χ3n) is 6.38. The molecule has 1 aliphatic heterocycles. The number of anilines is 1. The highest BCUT2D eigenvalue weighted by Crippen LogP contribution is 2.41. The lowest BCUT2D eigenvalue weighted by atomic mass is 10.0. The molecule has 8 heteroatoms. The van der Waals surface area contributed by atoms with Gasteiger partial charge in [0, 0.05) is 45.4 Å². The number of aryl methyl sites for hydroxylation is 1. The molecule has 170 valence electrons. The fraction of sp³-hybridized carbons (Fsp3) is 0.280. The number of hydrogen-bond acceptors (Lipinski definition) is 4. The molecule has 0 fully saturated rings. The summed E-state index contributed by atoms with van der Waals surface area (Å²) in [6.45, 7) is 1.06. The van der Waals surface area contributed by atoms with Gasteiger partial charge in [0.05, 0.1) is 28.9 Å². The summed E-state index contributed by atoms with van der Waals surface area (Å²) in [6.07, 6.45) is -0.406. The Morgan fingerprint density at radius 1 is 0.970 bits per heavy atom. The number of aromatic nitrogens is 3. The van der Waals surface area contributed by atoms with E-state index in [4.69, 9.17) is 16.3 Å². The molecule has 0 spiro atoms. The molecule has 0 radical (unpaired) electrons. The molecule has 5 rings (SSSR count). The normalized spacial score (nSPS) is 15.6. The van der Waals surface area contributed by atoms with Crippen LogP contribution in [0, 0.1) is 0 Å². The van der Waals surface area contributed by atoms with Gasteiger partial charge in [-0.1, -0.05) is 35.9 Å². The first-order chi connectivity index (χ1) is 15.8. The van der Waals surface area contributed by atoms with Gasteiger partial charge in [-0.3, -0.25) is 13.9 Å². The zero-order chi connectivity index (χ0) is 23.4. The predicted octanol–water partition coefficient (Wildman–Crippen LogP) is 3.54. The quantitative estimate of drug-likeness (QED) is 0.465. The monoisotopic (exact) mass is 464 g/mol. The van der Waals surface area contributed by atoms with E-state index in [1.165, 1.54) is 7.05 Å². The molecule has 0 unspecified atom stereocenters. The molecular formula is C25H25ClN4O3. The highest BCUT2D eigenvalue weighted by molar-refractivity contribution is 6.30. The van der Waals surface area contributed by atoms with Crippen LogP contribution in [0.4, 0.5) is 5.69 Å². The first-order valence-electron chi connectivity index (χ1n) is 10.8. The lowest BCUT2D eigenvalue weighted by Crippen LogP contribution is -2.37. The van der Waals surface area contributed by atoms with Gasteiger partial charge in [-0.2, -0.15) is 0 Å². The van der Waals surface area contributed by atoms with Crippen LogP contribution in [0.3, 0.4) is 0 Å². The van der Waals surface area contributed by atoms with Crippen LogP contribution in [0.25, 0.3) is 22.2 Å². The number of halogens is 1. The van der Waals surface area contributed by atoms with E-state index in [0.29, 0.717) is 29.1 Å². The first-order valence-corrected chi connectivity index (χ1v) is 11.1. The van der Waals surface area contributed by atoms with Gasteiger partial charge < -0.3 is 14.2 Å². The minimum Gasteiger partial charge on any atom is -0.378 e. The highest BCUT2D eigenvalue weighted by Gasteiger charge is 2.33. The Bertz CT molecular complexity index is 1480. The summed E-state index contributed by atoms with van der Waals surface area (Å²) >= 11 is 6.13. The van der Waals surface area contributed by atoms with Crippen LogP contribution in [0.2, 0.25) is 5.02 Å². The van der Waals surface area contributed by atoms with Crippen molar-refractivity contribution in [3.8, 4) is 11.3 Å². The molecule has 0 aliphatic carbocycles. The molecule has 0 amide bonds. The number of hydrogen-bond donors (Lipinski definition) is 0. The van der Waals surface area contributed by atoms with Crippen molar-refractivity contribution in [1.82, 2.24) is 13.7 Å². The molecule has 2 aromatic carbocycles. The average Bonchev–Trinajstić information content (AvgIpc) is 3.17. The maximum atomic E-state index is 13.4. The van der Waals surface area contributed by atoms with E-state index in [2.05, 4.69) is 4.57 Å². The van der Waals surface area contributed by atoms with E-state index in [0.717, 1.165) is 32.8 Å². The SMILES string of the molecule is CN(C)c1ccc([C@@H]2OCCn3c(-c4ccc(Cl)cc4)c4c(=O)n(C)c(=O)n(C)c4c32)cc1. The van der Waals surface area contributed by atoms with Crippen LogP contribution in [-0.2, 0) is 25.4 Å². The summed E-state index contributed by atoms with van der Waals surface area (Å²) in [4.78, 5) is 28.3. The zero-order valence-electron chi connectivity index (χ0n) is 19.0. The standard InChI is InChI=1S/C25H25ClN4O3/c1-27(2)18-11-7-16(8-12-18)23-22-21-19(24(31)29(4)25(32)28(21)3)20(30(22)13-14-33-23)15-5-9-17(26)10-6-15/h5-12,23H,13-14H2,1-4H3/t23-/m0/s1. The average molecular weight is 465 g/mol. The maximum Gasteiger partial charge on any atom is 0.331 e. The Morgan fingerprint density at radius 2 is 1.64 bits per heavy atom. The Hall–Kier alpha value is -3.29. The summed E-state index contributed by atoms with van der Waals surface area (Å²) in [6, 6.07) is 15.6. The van der Waals surface area contributed by atoms with Crippen molar-refractivity contribution in [2.24, 2.45) is 14.1 Å². The molecule has 0 N–H and O–H groups in total. The number of ether oxygens (including phenoxy) is 1. The predicted molar refractivity (Wildman–Crippen MR) is 131 cm³/mol. The number of nitrogens with zero attached hydrogens (tertiary/aromatic N) is 4. The third-order valence-corrected chi connectivity index (χ3v) is 6.63. The minimum atomic E-state index is -0.406. The van der Waals surface area contributed by atoms with Crippen molar-refractivity contribution >= 4 is 28.2 Å². The van der Waals surface area contributed by atoms with Crippen LogP contribution >= 0.6 is 11.6 Å². The van der Waals surface area contributed by atoms with Crippen LogP contribution in [0.5, 0.6) is 0 Å². The van der Waals surface area contributed by atoms with Crippen LogP contribution in [0.15, 0.2) is 58.1 Å². The van der Waals surface area contributed by atoms with Gasteiger partial charge >= 0.3 is 5.69 Å². The summed E-state index contributed by atoms with van der Waals surface area (Å²) in [7, 11) is 7.21. The van der Waals surface area contributed by atoms with Crippen molar-refractivity contribution in [2.75, 3.05) is 25.6 Å². The molecule has 3 heterocycles. The van der Waals surface area contributed by atoms with E-state index in [-0.39, 0.29) is 11.2 Å². The summed E-state index contributed by atoms with van der Waals surface area (Å²) in [5.74, 6) is 0. The number of rotatable bonds is 3. The Kier molecular flexibility index (Phi) is 5.18. The second-order valence-corrected chi connectivity index (χ2v) is 8.99. The molecule has 0 saturated carbocycles. The van der Waals surface area contributed by atoms with Crippen molar-refractivity contribution in [1.29, 1.82) is 0 Å². The van der Waals surface area contributed by atoms with E-state index < -0.39 is 6.10 Å². The highest BCUT2D eigenvalue weighted by atomic mass is 35.5. The van der Waals surface area contributed by atoms with Gasteiger partial charge in [-0.15, -0.1) is 0 Å². The van der Waals surface area contributed by atoms with Gasteiger partial charge in [-0.25, -0.2) is 4.79 Å². The van der Waals surface area contributed by atoms with Crippen molar-refractivity contribution in [3.63, 3.8) is 0 Å². The molecule has 2 aromatic heterocycles. The third kappa shape index (κ3) is 3.31. The van der Waals surface area contributed by atoms with Crippen molar-refractivity contribution in [2.45, 2.75) is 12.6 Å². The minimum absolute atomic E-state index is 0.318. The Morgan fingerprint density at radius 3 is 2.27 bits per heavy atom. The van der Waals surface area contributed by atoms with Gasteiger partial charge in [0.2, 0.25) is 0 Å². The molecule has 7 nitrogen and oxygen atoms in total. The summed E-state index contributed by atoms with van der Waals surface area (Å²) in [5.41, 5.74) is 4.44. The number of benzene rings is 2. The van der Waals surface area contributed by atoms with Gasteiger partial charge in [0.1, 0.15) is 6.10 Å². The maximum absolute atomic E-state index is 13.4. The van der Waals surface area contributed by atoms with Crippen molar-refractivity contribution in [3.05, 3.63) is 85.6 Å². The lowest BCUT2D eigenvalue weighted by Gasteiger charge is -2.28. The smallest absolute Gasteiger partial charge is 0.331 e.